The van der Waals surface area contributed by atoms with E-state index >= 15 is 0 Å². The third-order valence-electron chi connectivity index (χ3n) is 6.77. The van der Waals surface area contributed by atoms with Crippen LogP contribution in [0.4, 0.5) is 10.5 Å². The van der Waals surface area contributed by atoms with Gasteiger partial charge in [0.1, 0.15) is 0 Å². The van der Waals surface area contributed by atoms with Crippen LogP contribution in [0.25, 0.3) is 11.1 Å². The molecule has 1 saturated heterocycles. The summed E-state index contributed by atoms with van der Waals surface area (Å²) in [6.07, 6.45) is 4.45. The Morgan fingerprint density at radius 3 is 2.73 bits per heavy atom. The molecular weight excluding hydrogens is 472 g/mol. The molecule has 37 heavy (non-hydrogen) atoms. The Bertz CT molecular complexity index is 1280. The Labute approximate surface area is 216 Å². The van der Waals surface area contributed by atoms with Gasteiger partial charge in [0, 0.05) is 43.9 Å². The van der Waals surface area contributed by atoms with Gasteiger partial charge < -0.3 is 24.7 Å². The number of aryl methyl sites for hydroxylation is 1. The van der Waals surface area contributed by atoms with Gasteiger partial charge in [0.25, 0.3) is 0 Å². The van der Waals surface area contributed by atoms with Crippen molar-refractivity contribution in [1.82, 2.24) is 25.3 Å². The second-order valence-corrected chi connectivity index (χ2v) is 10.5. The SMILES string of the molecule is Cc1cc(-c2ccncc2N2CCCC(N(C)C(=O)O)C2)ccc1CNC(=O)c1nc(C(C)(C)C)no1. The number of hydrogen-bond acceptors (Lipinski definition) is 7. The van der Waals surface area contributed by atoms with Gasteiger partial charge >= 0.3 is 17.9 Å². The number of carboxylic acid groups (broad SMARTS) is 1. The molecule has 10 heteroatoms. The second-order valence-electron chi connectivity index (χ2n) is 10.5. The van der Waals surface area contributed by atoms with Gasteiger partial charge in [0.15, 0.2) is 5.82 Å². The van der Waals surface area contributed by atoms with Crippen LogP contribution in [0.3, 0.4) is 0 Å². The molecule has 1 fully saturated rings. The van der Waals surface area contributed by atoms with E-state index in [2.05, 4.69) is 31.4 Å². The lowest BCUT2D eigenvalue weighted by molar-refractivity contribution is 0.0906. The van der Waals surface area contributed by atoms with Crippen LogP contribution in [0.2, 0.25) is 0 Å². The number of amides is 2. The van der Waals surface area contributed by atoms with E-state index in [0.717, 1.165) is 47.3 Å². The average molecular weight is 507 g/mol. The van der Waals surface area contributed by atoms with E-state index in [4.69, 9.17) is 4.52 Å². The number of rotatable bonds is 6. The van der Waals surface area contributed by atoms with Crippen molar-refractivity contribution >= 4 is 17.7 Å². The molecule has 1 aliphatic heterocycles. The van der Waals surface area contributed by atoms with Crippen molar-refractivity contribution in [2.45, 2.75) is 58.5 Å². The van der Waals surface area contributed by atoms with E-state index in [-0.39, 0.29) is 17.3 Å². The minimum Gasteiger partial charge on any atom is -0.465 e. The maximum atomic E-state index is 12.5. The fourth-order valence-electron chi connectivity index (χ4n) is 4.46. The lowest BCUT2D eigenvalue weighted by atomic mass is 9.96. The molecule has 3 heterocycles. The Morgan fingerprint density at radius 2 is 2.05 bits per heavy atom. The van der Waals surface area contributed by atoms with Gasteiger partial charge in [-0.3, -0.25) is 9.78 Å². The Kier molecular flexibility index (Phi) is 7.47. The lowest BCUT2D eigenvalue weighted by Gasteiger charge is -2.38. The molecule has 1 atom stereocenters. The molecule has 196 valence electrons. The zero-order valence-electron chi connectivity index (χ0n) is 22.0. The molecule has 3 aromatic rings. The highest BCUT2D eigenvalue weighted by molar-refractivity contribution is 5.89. The van der Waals surface area contributed by atoms with Gasteiger partial charge in [-0.1, -0.05) is 44.1 Å². The average Bonchev–Trinajstić information content (AvgIpc) is 3.39. The molecule has 2 amide bonds. The third-order valence-corrected chi connectivity index (χ3v) is 6.77. The normalized spacial score (nSPS) is 15.9. The van der Waals surface area contributed by atoms with Gasteiger partial charge in [-0.15, -0.1) is 0 Å². The molecular formula is C27H34N6O4. The van der Waals surface area contributed by atoms with Gasteiger partial charge in [-0.25, -0.2) is 4.79 Å². The Balaban J connectivity index is 1.48. The number of pyridine rings is 1. The predicted molar refractivity (Wildman–Crippen MR) is 140 cm³/mol. The number of anilines is 1. The number of piperidine rings is 1. The molecule has 1 aliphatic rings. The van der Waals surface area contributed by atoms with Crippen LogP contribution in [-0.4, -0.2) is 63.3 Å². The number of aromatic nitrogens is 3. The number of hydrogen-bond donors (Lipinski definition) is 2. The van der Waals surface area contributed by atoms with E-state index < -0.39 is 12.0 Å². The summed E-state index contributed by atoms with van der Waals surface area (Å²) in [5, 5.41) is 16.2. The summed E-state index contributed by atoms with van der Waals surface area (Å²) >= 11 is 0. The maximum Gasteiger partial charge on any atom is 0.407 e. The standard InChI is InChI=1S/C27H34N6O4/c1-17-13-18(8-9-19(17)14-29-23(34)24-30-25(31-37-24)27(2,3)4)21-10-11-28-15-22(21)33-12-6-7-20(16-33)32(5)26(35)36/h8-11,13,15,20H,6-7,12,14,16H2,1-5H3,(H,29,34)(H,35,36). The molecule has 10 nitrogen and oxygen atoms in total. The molecule has 0 saturated carbocycles. The Morgan fingerprint density at radius 1 is 1.27 bits per heavy atom. The first kappa shape index (κ1) is 26.1. The highest BCUT2D eigenvalue weighted by Crippen LogP contribution is 2.33. The molecule has 2 aromatic heterocycles. The topological polar surface area (TPSA) is 125 Å². The van der Waals surface area contributed by atoms with Crippen LogP contribution >= 0.6 is 0 Å². The van der Waals surface area contributed by atoms with Crippen molar-refractivity contribution in [1.29, 1.82) is 0 Å². The highest BCUT2D eigenvalue weighted by Gasteiger charge is 2.27. The van der Waals surface area contributed by atoms with Crippen molar-refractivity contribution < 1.29 is 19.2 Å². The molecule has 0 bridgehead atoms. The summed E-state index contributed by atoms with van der Waals surface area (Å²) in [6, 6.07) is 8.04. The number of benzene rings is 1. The molecule has 0 aliphatic carbocycles. The van der Waals surface area contributed by atoms with E-state index in [1.807, 2.05) is 52.1 Å². The summed E-state index contributed by atoms with van der Waals surface area (Å²) < 4.78 is 5.14. The number of likely N-dealkylation sites (N-methyl/N-ethyl adjacent to an activating group) is 1. The third kappa shape index (κ3) is 5.90. The van der Waals surface area contributed by atoms with E-state index in [1.165, 1.54) is 4.90 Å². The molecule has 2 N–H and O–H groups in total. The predicted octanol–water partition coefficient (Wildman–Crippen LogP) is 4.25. The van der Waals surface area contributed by atoms with Gasteiger partial charge in [-0.05, 0) is 42.5 Å². The second kappa shape index (κ2) is 10.6. The summed E-state index contributed by atoms with van der Waals surface area (Å²) in [7, 11) is 1.63. The fraction of sp³-hybridized carbons (Fsp3) is 0.444. The first-order chi connectivity index (χ1) is 17.5. The van der Waals surface area contributed by atoms with Crippen molar-refractivity contribution in [3.05, 3.63) is 59.5 Å². The molecule has 0 radical (unpaired) electrons. The van der Waals surface area contributed by atoms with Crippen LogP contribution in [0.1, 0.15) is 61.2 Å². The lowest BCUT2D eigenvalue weighted by Crippen LogP contribution is -2.48. The van der Waals surface area contributed by atoms with Gasteiger partial charge in [-0.2, -0.15) is 4.98 Å². The van der Waals surface area contributed by atoms with Gasteiger partial charge in [0.05, 0.1) is 17.9 Å². The van der Waals surface area contributed by atoms with Crippen molar-refractivity contribution in [2.75, 3.05) is 25.0 Å². The Hall–Kier alpha value is -3.95. The summed E-state index contributed by atoms with van der Waals surface area (Å²) in [6.45, 7) is 9.67. The molecule has 4 rings (SSSR count). The number of carbonyl (C=O) groups is 2. The number of carbonyl (C=O) groups excluding carboxylic acids is 1. The van der Waals surface area contributed by atoms with Crippen LogP contribution in [-0.2, 0) is 12.0 Å². The largest absolute Gasteiger partial charge is 0.465 e. The van der Waals surface area contributed by atoms with Crippen LogP contribution < -0.4 is 10.2 Å². The minimum absolute atomic E-state index is 0.0472. The maximum absolute atomic E-state index is 12.5. The molecule has 1 aromatic carbocycles. The van der Waals surface area contributed by atoms with Crippen LogP contribution in [0.5, 0.6) is 0 Å². The van der Waals surface area contributed by atoms with E-state index in [9.17, 15) is 14.7 Å². The minimum atomic E-state index is -0.912. The van der Waals surface area contributed by atoms with Gasteiger partial charge in [0.2, 0.25) is 0 Å². The van der Waals surface area contributed by atoms with E-state index in [0.29, 0.717) is 18.9 Å². The monoisotopic (exact) mass is 506 g/mol. The quantitative estimate of drug-likeness (QED) is 0.508. The van der Waals surface area contributed by atoms with Crippen molar-refractivity contribution in [3.63, 3.8) is 0 Å². The highest BCUT2D eigenvalue weighted by atomic mass is 16.5. The fourth-order valence-corrected chi connectivity index (χ4v) is 4.46. The first-order valence-corrected chi connectivity index (χ1v) is 12.4. The molecule has 0 spiro atoms. The van der Waals surface area contributed by atoms with Crippen LogP contribution in [0.15, 0.2) is 41.2 Å². The summed E-state index contributed by atoms with van der Waals surface area (Å²) in [5.41, 5.74) is 4.76. The smallest absolute Gasteiger partial charge is 0.407 e. The summed E-state index contributed by atoms with van der Waals surface area (Å²) in [5.74, 6) is 0.0313. The van der Waals surface area contributed by atoms with Crippen molar-refractivity contribution in [2.24, 2.45) is 0 Å². The van der Waals surface area contributed by atoms with Crippen LogP contribution in [0, 0.1) is 6.92 Å². The van der Waals surface area contributed by atoms with E-state index in [1.54, 1.807) is 13.2 Å². The number of nitrogens with zero attached hydrogens (tertiary/aromatic N) is 5. The zero-order valence-corrected chi connectivity index (χ0v) is 22.0. The molecule has 1 unspecified atom stereocenters. The van der Waals surface area contributed by atoms with Crippen molar-refractivity contribution in [3.8, 4) is 11.1 Å². The first-order valence-electron chi connectivity index (χ1n) is 12.4. The number of nitrogens with one attached hydrogen (secondary N) is 1. The summed E-state index contributed by atoms with van der Waals surface area (Å²) in [4.78, 5) is 36.2. The zero-order chi connectivity index (χ0) is 26.7.